The summed E-state index contributed by atoms with van der Waals surface area (Å²) in [5.41, 5.74) is 2.71. The van der Waals surface area contributed by atoms with Crippen LogP contribution in [-0.2, 0) is 11.3 Å². The molecule has 1 aliphatic heterocycles. The number of methoxy groups -OCH3 is 1. The number of amides is 2. The molecule has 0 spiro atoms. The van der Waals surface area contributed by atoms with Gasteiger partial charge < -0.3 is 15.0 Å². The van der Waals surface area contributed by atoms with Crippen molar-refractivity contribution in [2.75, 3.05) is 7.11 Å². The molecule has 1 N–H and O–H groups in total. The third kappa shape index (κ3) is 4.50. The maximum atomic E-state index is 13.1. The summed E-state index contributed by atoms with van der Waals surface area (Å²) in [7, 11) is 1.63. The summed E-state index contributed by atoms with van der Waals surface area (Å²) in [6.45, 7) is 0.530. The van der Waals surface area contributed by atoms with Gasteiger partial charge in [0.25, 0.3) is 5.91 Å². The quantitative estimate of drug-likeness (QED) is 0.712. The summed E-state index contributed by atoms with van der Waals surface area (Å²) < 4.78 is 5.28. The highest BCUT2D eigenvalue weighted by Crippen LogP contribution is 2.34. The highest BCUT2D eigenvalue weighted by Gasteiger charge is 2.34. The predicted molar refractivity (Wildman–Crippen MR) is 116 cm³/mol. The maximum absolute atomic E-state index is 13.1. The van der Waals surface area contributed by atoms with Crippen LogP contribution >= 0.6 is 0 Å². The molecule has 2 aromatic carbocycles. The zero-order valence-corrected chi connectivity index (χ0v) is 17.6. The second kappa shape index (κ2) is 9.33. The van der Waals surface area contributed by atoms with Crippen LogP contribution in [0.2, 0.25) is 0 Å². The van der Waals surface area contributed by atoms with Crippen LogP contribution in [0.15, 0.2) is 48.5 Å². The van der Waals surface area contributed by atoms with Gasteiger partial charge in [0.2, 0.25) is 5.91 Å². The van der Waals surface area contributed by atoms with Gasteiger partial charge in [0.1, 0.15) is 5.75 Å². The zero-order chi connectivity index (χ0) is 20.9. The highest BCUT2D eigenvalue weighted by atomic mass is 16.5. The molecule has 2 amide bonds. The summed E-state index contributed by atoms with van der Waals surface area (Å²) in [5, 5.41) is 3.24. The van der Waals surface area contributed by atoms with Crippen molar-refractivity contribution in [1.29, 1.82) is 0 Å². The van der Waals surface area contributed by atoms with Gasteiger partial charge in [-0.05, 0) is 42.2 Å². The summed E-state index contributed by atoms with van der Waals surface area (Å²) in [4.78, 5) is 27.9. The summed E-state index contributed by atoms with van der Waals surface area (Å²) >= 11 is 0. The van der Waals surface area contributed by atoms with E-state index in [0.717, 1.165) is 35.3 Å². The summed E-state index contributed by atoms with van der Waals surface area (Å²) in [6, 6.07) is 15.3. The van der Waals surface area contributed by atoms with Crippen LogP contribution in [0.4, 0.5) is 0 Å². The Kier molecular flexibility index (Phi) is 6.36. The zero-order valence-electron chi connectivity index (χ0n) is 17.6. The Morgan fingerprint density at radius 3 is 2.43 bits per heavy atom. The van der Waals surface area contributed by atoms with Crippen LogP contribution in [0.25, 0.3) is 0 Å². The van der Waals surface area contributed by atoms with Gasteiger partial charge in [0, 0.05) is 18.2 Å². The average molecular weight is 407 g/mol. The normalized spacial score (nSPS) is 17.9. The number of ether oxygens (including phenoxy) is 1. The van der Waals surface area contributed by atoms with E-state index in [-0.39, 0.29) is 30.3 Å². The molecule has 0 bridgehead atoms. The molecule has 158 valence electrons. The number of nitrogens with zero attached hydrogens (tertiary/aromatic N) is 1. The molecule has 0 saturated heterocycles. The molecular weight excluding hydrogens is 376 g/mol. The van der Waals surface area contributed by atoms with Crippen molar-refractivity contribution in [3.05, 3.63) is 65.2 Å². The number of fused-ring (bicyclic) bond motifs is 1. The standard InChI is InChI=1S/C25H30N2O3/c1-30-21-14-12-18(13-15-21)23(16-24(28)26-20-9-4-2-3-5-10-20)27-17-19-8-6-7-11-22(19)25(27)29/h6-8,11-15,20,23H,2-5,9-10,16-17H2,1H3,(H,26,28). The Morgan fingerprint density at radius 2 is 1.77 bits per heavy atom. The lowest BCUT2D eigenvalue weighted by Gasteiger charge is -2.29. The fourth-order valence-corrected chi connectivity index (χ4v) is 4.65. The molecule has 1 unspecified atom stereocenters. The van der Waals surface area contributed by atoms with E-state index in [1.165, 1.54) is 25.7 Å². The third-order valence-corrected chi connectivity index (χ3v) is 6.33. The molecule has 1 fully saturated rings. The molecule has 1 saturated carbocycles. The Balaban J connectivity index is 1.54. The van der Waals surface area contributed by atoms with Gasteiger partial charge in [0.05, 0.1) is 19.6 Å². The van der Waals surface area contributed by atoms with E-state index in [1.807, 2.05) is 53.4 Å². The van der Waals surface area contributed by atoms with Crippen molar-refractivity contribution >= 4 is 11.8 Å². The van der Waals surface area contributed by atoms with Gasteiger partial charge in [-0.1, -0.05) is 56.0 Å². The third-order valence-electron chi connectivity index (χ3n) is 6.33. The molecule has 0 aromatic heterocycles. The maximum Gasteiger partial charge on any atom is 0.255 e. The van der Waals surface area contributed by atoms with Crippen LogP contribution in [0.3, 0.4) is 0 Å². The lowest BCUT2D eigenvalue weighted by atomic mass is 10.0. The first-order chi connectivity index (χ1) is 14.7. The number of benzene rings is 2. The summed E-state index contributed by atoms with van der Waals surface area (Å²) in [5.74, 6) is 0.775. The van der Waals surface area contributed by atoms with Crippen LogP contribution < -0.4 is 10.1 Å². The SMILES string of the molecule is COc1ccc(C(CC(=O)NC2CCCCCC2)N2Cc3ccccc3C2=O)cc1. The minimum absolute atomic E-state index is 0.00585. The molecule has 5 nitrogen and oxygen atoms in total. The largest absolute Gasteiger partial charge is 0.497 e. The molecule has 1 atom stereocenters. The van der Waals surface area contributed by atoms with Crippen molar-refractivity contribution in [3.8, 4) is 5.75 Å². The Hall–Kier alpha value is -2.82. The summed E-state index contributed by atoms with van der Waals surface area (Å²) in [6.07, 6.45) is 7.21. The van der Waals surface area contributed by atoms with Crippen LogP contribution in [0, 0.1) is 0 Å². The molecule has 2 aromatic rings. The smallest absolute Gasteiger partial charge is 0.255 e. The van der Waals surface area contributed by atoms with Gasteiger partial charge in [-0.3, -0.25) is 9.59 Å². The van der Waals surface area contributed by atoms with Crippen LogP contribution in [0.1, 0.15) is 72.5 Å². The first-order valence-corrected chi connectivity index (χ1v) is 11.0. The van der Waals surface area contributed by atoms with Crippen molar-refractivity contribution in [1.82, 2.24) is 10.2 Å². The first kappa shape index (κ1) is 20.5. The predicted octanol–water partition coefficient (Wildman–Crippen LogP) is 4.62. The molecule has 4 rings (SSSR count). The lowest BCUT2D eigenvalue weighted by molar-refractivity contribution is -0.123. The molecule has 1 aliphatic carbocycles. The number of rotatable bonds is 6. The lowest BCUT2D eigenvalue weighted by Crippen LogP contribution is -2.38. The van der Waals surface area contributed by atoms with E-state index in [4.69, 9.17) is 4.74 Å². The second-order valence-corrected chi connectivity index (χ2v) is 8.34. The Morgan fingerprint density at radius 1 is 1.07 bits per heavy atom. The van der Waals surface area contributed by atoms with Gasteiger partial charge in [-0.2, -0.15) is 0 Å². The fraction of sp³-hybridized carbons (Fsp3) is 0.440. The monoisotopic (exact) mass is 406 g/mol. The minimum atomic E-state index is -0.304. The Bertz CT molecular complexity index is 886. The number of nitrogens with one attached hydrogen (secondary N) is 1. The van der Waals surface area contributed by atoms with Gasteiger partial charge in [-0.15, -0.1) is 0 Å². The van der Waals surface area contributed by atoms with E-state index in [1.54, 1.807) is 7.11 Å². The van der Waals surface area contributed by atoms with Crippen LogP contribution in [-0.4, -0.2) is 29.9 Å². The topological polar surface area (TPSA) is 58.6 Å². The van der Waals surface area contributed by atoms with Crippen molar-refractivity contribution in [3.63, 3.8) is 0 Å². The molecular formula is C25H30N2O3. The van der Waals surface area contributed by atoms with E-state index < -0.39 is 0 Å². The van der Waals surface area contributed by atoms with Crippen molar-refractivity contribution < 1.29 is 14.3 Å². The number of carbonyl (C=O) groups excluding carboxylic acids is 2. The van der Waals surface area contributed by atoms with Gasteiger partial charge in [0.15, 0.2) is 0 Å². The number of carbonyl (C=O) groups is 2. The fourth-order valence-electron chi connectivity index (χ4n) is 4.65. The van der Waals surface area contributed by atoms with Gasteiger partial charge >= 0.3 is 0 Å². The Labute approximate surface area is 178 Å². The van der Waals surface area contributed by atoms with Crippen molar-refractivity contribution in [2.24, 2.45) is 0 Å². The van der Waals surface area contributed by atoms with Crippen molar-refractivity contribution in [2.45, 2.75) is 63.6 Å². The van der Waals surface area contributed by atoms with Crippen LogP contribution in [0.5, 0.6) is 5.75 Å². The highest BCUT2D eigenvalue weighted by molar-refractivity contribution is 5.98. The van der Waals surface area contributed by atoms with E-state index in [2.05, 4.69) is 5.32 Å². The average Bonchev–Trinajstić information content (AvgIpc) is 2.92. The molecule has 1 heterocycles. The number of hydrogen-bond acceptors (Lipinski definition) is 3. The van der Waals surface area contributed by atoms with E-state index in [0.29, 0.717) is 6.54 Å². The molecule has 5 heteroatoms. The van der Waals surface area contributed by atoms with E-state index in [9.17, 15) is 9.59 Å². The first-order valence-electron chi connectivity index (χ1n) is 11.0. The van der Waals surface area contributed by atoms with E-state index >= 15 is 0 Å². The minimum Gasteiger partial charge on any atom is -0.497 e. The van der Waals surface area contributed by atoms with Gasteiger partial charge in [-0.25, -0.2) is 0 Å². The molecule has 0 radical (unpaired) electrons. The number of hydrogen-bond donors (Lipinski definition) is 1. The second-order valence-electron chi connectivity index (χ2n) is 8.34. The molecule has 30 heavy (non-hydrogen) atoms. The molecule has 2 aliphatic rings.